The molecule has 1 saturated heterocycles. The number of morpholine rings is 1. The molecule has 1 N–H and O–H groups in total. The summed E-state index contributed by atoms with van der Waals surface area (Å²) in [5, 5.41) is 9.47. The molecule has 1 fully saturated rings. The Kier molecular flexibility index (Phi) is 4.25. The van der Waals surface area contributed by atoms with Crippen LogP contribution < -0.4 is 0 Å². The van der Waals surface area contributed by atoms with Crippen LogP contribution in [0.2, 0.25) is 0 Å². The van der Waals surface area contributed by atoms with Crippen LogP contribution in [0.3, 0.4) is 0 Å². The number of benzene rings is 2. The zero-order valence-corrected chi connectivity index (χ0v) is 12.2. The maximum absolute atomic E-state index is 13.9. The molecule has 6 heteroatoms. The van der Waals surface area contributed by atoms with E-state index in [0.29, 0.717) is 12.1 Å². The minimum absolute atomic E-state index is 0.00485. The predicted molar refractivity (Wildman–Crippen MR) is 79.1 cm³/mol. The number of aromatic hydroxyl groups is 1. The molecule has 1 aliphatic heterocycles. The van der Waals surface area contributed by atoms with Gasteiger partial charge in [-0.25, -0.2) is 8.78 Å². The molecule has 0 aliphatic carbocycles. The van der Waals surface area contributed by atoms with E-state index in [9.17, 15) is 18.7 Å². The molecule has 0 unspecified atom stereocenters. The summed E-state index contributed by atoms with van der Waals surface area (Å²) in [5.41, 5.74) is 0.574. The van der Waals surface area contributed by atoms with Gasteiger partial charge >= 0.3 is 0 Å². The Morgan fingerprint density at radius 1 is 1.22 bits per heavy atom. The van der Waals surface area contributed by atoms with Crippen molar-refractivity contribution in [1.29, 1.82) is 0 Å². The molecule has 120 valence electrons. The number of rotatable bonds is 2. The van der Waals surface area contributed by atoms with Crippen LogP contribution in [0.4, 0.5) is 8.78 Å². The number of carbonyl (C=O) groups excluding carboxylic acids is 1. The van der Waals surface area contributed by atoms with E-state index in [1.54, 1.807) is 12.1 Å². The summed E-state index contributed by atoms with van der Waals surface area (Å²) in [6, 6.07) is 9.34. The molecule has 0 saturated carbocycles. The van der Waals surface area contributed by atoms with Crippen molar-refractivity contribution >= 4 is 5.91 Å². The van der Waals surface area contributed by atoms with Gasteiger partial charge in [0.25, 0.3) is 5.91 Å². The molecule has 0 radical (unpaired) electrons. The molecule has 1 heterocycles. The highest BCUT2D eigenvalue weighted by Gasteiger charge is 2.28. The van der Waals surface area contributed by atoms with Crippen molar-refractivity contribution in [3.05, 3.63) is 65.2 Å². The maximum Gasteiger partial charge on any atom is 0.254 e. The topological polar surface area (TPSA) is 49.8 Å². The third kappa shape index (κ3) is 3.32. The number of amides is 1. The van der Waals surface area contributed by atoms with Gasteiger partial charge in [-0.3, -0.25) is 4.79 Å². The first-order chi connectivity index (χ1) is 11.0. The molecule has 0 aromatic heterocycles. The van der Waals surface area contributed by atoms with Gasteiger partial charge in [0.15, 0.2) is 0 Å². The zero-order chi connectivity index (χ0) is 16.4. The zero-order valence-electron chi connectivity index (χ0n) is 12.2. The molecule has 2 aromatic rings. The van der Waals surface area contributed by atoms with Gasteiger partial charge in [0, 0.05) is 23.7 Å². The van der Waals surface area contributed by atoms with E-state index in [0.717, 1.165) is 12.1 Å². The van der Waals surface area contributed by atoms with Crippen LogP contribution in [0.5, 0.6) is 5.75 Å². The highest BCUT2D eigenvalue weighted by molar-refractivity contribution is 5.94. The molecule has 2 aromatic carbocycles. The third-order valence-electron chi connectivity index (χ3n) is 3.76. The summed E-state index contributed by atoms with van der Waals surface area (Å²) in [6.07, 6.45) is -0.648. The third-order valence-corrected chi connectivity index (χ3v) is 3.76. The average molecular weight is 319 g/mol. The second-order valence-corrected chi connectivity index (χ2v) is 5.33. The van der Waals surface area contributed by atoms with Gasteiger partial charge in [0.1, 0.15) is 23.5 Å². The van der Waals surface area contributed by atoms with E-state index in [4.69, 9.17) is 4.74 Å². The molecular weight excluding hydrogens is 304 g/mol. The maximum atomic E-state index is 13.9. The summed E-state index contributed by atoms with van der Waals surface area (Å²) < 4.78 is 32.4. The van der Waals surface area contributed by atoms with Crippen molar-refractivity contribution in [1.82, 2.24) is 4.90 Å². The van der Waals surface area contributed by atoms with Crippen LogP contribution in [0.25, 0.3) is 0 Å². The number of carbonyl (C=O) groups is 1. The molecule has 1 amide bonds. The van der Waals surface area contributed by atoms with Crippen LogP contribution in [0.15, 0.2) is 42.5 Å². The van der Waals surface area contributed by atoms with E-state index < -0.39 is 17.7 Å². The quantitative estimate of drug-likeness (QED) is 0.926. The number of halogens is 2. The minimum Gasteiger partial charge on any atom is -0.508 e. The standard InChI is InChI=1S/C17H15F2NO3/c18-12-4-5-14(15(19)9-12)16-10-20(6-7-23-16)17(22)11-2-1-3-13(21)8-11/h1-5,8-9,16,21H,6-7,10H2/t16-/m1/s1. The highest BCUT2D eigenvalue weighted by Crippen LogP contribution is 2.26. The molecule has 1 atom stereocenters. The highest BCUT2D eigenvalue weighted by atomic mass is 19.1. The predicted octanol–water partition coefficient (Wildman–Crippen LogP) is 2.88. The Balaban J connectivity index is 1.79. The van der Waals surface area contributed by atoms with Crippen LogP contribution >= 0.6 is 0 Å². The molecular formula is C17H15F2NO3. The SMILES string of the molecule is O=C(c1cccc(O)c1)N1CCO[C@@H](c2ccc(F)cc2F)C1. The normalized spacial score (nSPS) is 18.0. The molecule has 0 spiro atoms. The Labute approximate surface area is 131 Å². The first-order valence-electron chi connectivity index (χ1n) is 7.19. The fourth-order valence-electron chi connectivity index (χ4n) is 2.61. The lowest BCUT2D eigenvalue weighted by molar-refractivity contribution is -0.0243. The van der Waals surface area contributed by atoms with Crippen molar-refractivity contribution in [2.75, 3.05) is 19.7 Å². The number of phenols is 1. The van der Waals surface area contributed by atoms with E-state index in [-0.39, 0.29) is 30.4 Å². The number of nitrogens with zero attached hydrogens (tertiary/aromatic N) is 1. The first kappa shape index (κ1) is 15.4. The van der Waals surface area contributed by atoms with Crippen molar-refractivity contribution < 1.29 is 23.4 Å². The summed E-state index contributed by atoms with van der Waals surface area (Å²) in [5.74, 6) is -1.61. The van der Waals surface area contributed by atoms with Gasteiger partial charge in [-0.2, -0.15) is 0 Å². The summed E-state index contributed by atoms with van der Waals surface area (Å²) in [6.45, 7) is 0.789. The molecule has 4 nitrogen and oxygen atoms in total. The first-order valence-corrected chi connectivity index (χ1v) is 7.19. The largest absolute Gasteiger partial charge is 0.508 e. The lowest BCUT2D eigenvalue weighted by Crippen LogP contribution is -2.42. The Morgan fingerprint density at radius 3 is 2.78 bits per heavy atom. The van der Waals surface area contributed by atoms with Crippen molar-refractivity contribution in [2.45, 2.75) is 6.10 Å². The Bertz CT molecular complexity index is 736. The van der Waals surface area contributed by atoms with E-state index in [1.807, 2.05) is 0 Å². The van der Waals surface area contributed by atoms with E-state index in [2.05, 4.69) is 0 Å². The fraction of sp³-hybridized carbons (Fsp3) is 0.235. The smallest absolute Gasteiger partial charge is 0.254 e. The van der Waals surface area contributed by atoms with Gasteiger partial charge in [-0.1, -0.05) is 12.1 Å². The fourth-order valence-corrected chi connectivity index (χ4v) is 2.61. The molecule has 1 aliphatic rings. The molecule has 23 heavy (non-hydrogen) atoms. The summed E-state index contributed by atoms with van der Waals surface area (Å²) in [7, 11) is 0. The van der Waals surface area contributed by atoms with Gasteiger partial charge in [-0.15, -0.1) is 0 Å². The summed E-state index contributed by atoms with van der Waals surface area (Å²) >= 11 is 0. The molecule has 0 bridgehead atoms. The Morgan fingerprint density at radius 2 is 2.04 bits per heavy atom. The average Bonchev–Trinajstić information content (AvgIpc) is 2.54. The van der Waals surface area contributed by atoms with Crippen molar-refractivity contribution in [3.63, 3.8) is 0 Å². The number of ether oxygens (including phenoxy) is 1. The monoisotopic (exact) mass is 319 g/mol. The number of hydrogen-bond acceptors (Lipinski definition) is 3. The second-order valence-electron chi connectivity index (χ2n) is 5.33. The van der Waals surface area contributed by atoms with Gasteiger partial charge in [-0.05, 0) is 24.3 Å². The molecule has 3 rings (SSSR count). The van der Waals surface area contributed by atoms with Gasteiger partial charge < -0.3 is 14.7 Å². The van der Waals surface area contributed by atoms with Crippen LogP contribution in [0, 0.1) is 11.6 Å². The van der Waals surface area contributed by atoms with Gasteiger partial charge in [0.2, 0.25) is 0 Å². The lowest BCUT2D eigenvalue weighted by Gasteiger charge is -2.33. The number of phenolic OH excluding ortho intramolecular Hbond substituents is 1. The van der Waals surface area contributed by atoms with Crippen molar-refractivity contribution in [3.8, 4) is 5.75 Å². The number of hydrogen-bond donors (Lipinski definition) is 1. The second kappa shape index (κ2) is 6.34. The lowest BCUT2D eigenvalue weighted by atomic mass is 10.1. The summed E-state index contributed by atoms with van der Waals surface area (Å²) in [4.78, 5) is 14.0. The van der Waals surface area contributed by atoms with Crippen LogP contribution in [-0.4, -0.2) is 35.6 Å². The van der Waals surface area contributed by atoms with E-state index >= 15 is 0 Å². The van der Waals surface area contributed by atoms with Crippen LogP contribution in [0.1, 0.15) is 22.0 Å². The van der Waals surface area contributed by atoms with Gasteiger partial charge in [0.05, 0.1) is 13.2 Å². The van der Waals surface area contributed by atoms with E-state index in [1.165, 1.54) is 23.1 Å². The van der Waals surface area contributed by atoms with Crippen molar-refractivity contribution in [2.24, 2.45) is 0 Å². The Hall–Kier alpha value is -2.47. The van der Waals surface area contributed by atoms with Crippen LogP contribution in [-0.2, 0) is 4.74 Å². The minimum atomic E-state index is -0.693.